The third kappa shape index (κ3) is 4.25. The van der Waals surface area contributed by atoms with Crippen LogP contribution in [0.5, 0.6) is 5.75 Å². The van der Waals surface area contributed by atoms with Crippen molar-refractivity contribution in [2.75, 3.05) is 7.11 Å². The Hall–Kier alpha value is -2.36. The molecule has 0 saturated heterocycles. The first-order valence-electron chi connectivity index (χ1n) is 5.37. The van der Waals surface area contributed by atoms with Crippen LogP contribution in [0.25, 0.3) is 0 Å². The van der Waals surface area contributed by atoms with Crippen LogP contribution in [0.4, 0.5) is 0 Å². The van der Waals surface area contributed by atoms with E-state index >= 15 is 0 Å². The highest BCUT2D eigenvalue weighted by Crippen LogP contribution is 2.13. The highest BCUT2D eigenvalue weighted by molar-refractivity contribution is 5.89. The number of allylic oxidation sites excluding steroid dienone is 3. The van der Waals surface area contributed by atoms with E-state index in [9.17, 15) is 9.59 Å². The van der Waals surface area contributed by atoms with Crippen molar-refractivity contribution in [2.24, 2.45) is 0 Å². The minimum absolute atomic E-state index is 0.373. The fraction of sp³-hybridized carbons (Fsp3) is 0.143. The van der Waals surface area contributed by atoms with Crippen molar-refractivity contribution in [1.82, 2.24) is 0 Å². The molecule has 0 bridgehead atoms. The van der Waals surface area contributed by atoms with Gasteiger partial charge >= 0.3 is 11.9 Å². The van der Waals surface area contributed by atoms with Gasteiger partial charge < -0.3 is 9.47 Å². The van der Waals surface area contributed by atoms with Crippen LogP contribution in [0.2, 0.25) is 0 Å². The summed E-state index contributed by atoms with van der Waals surface area (Å²) in [5.41, 5.74) is 0.404. The smallest absolute Gasteiger partial charge is 0.337 e. The highest BCUT2D eigenvalue weighted by atomic mass is 16.5. The SMILES string of the molecule is C/C=C/C=C/C(=O)Oc1ccc(C(=O)OC)cc1. The molecule has 0 radical (unpaired) electrons. The van der Waals surface area contributed by atoms with E-state index in [2.05, 4.69) is 4.74 Å². The van der Waals surface area contributed by atoms with E-state index < -0.39 is 11.9 Å². The average molecular weight is 246 g/mol. The monoisotopic (exact) mass is 246 g/mol. The number of hydrogen-bond donors (Lipinski definition) is 0. The number of carbonyl (C=O) groups is 2. The third-order valence-electron chi connectivity index (χ3n) is 2.03. The van der Waals surface area contributed by atoms with Crippen molar-refractivity contribution < 1.29 is 19.1 Å². The number of hydrogen-bond acceptors (Lipinski definition) is 4. The first kappa shape index (κ1) is 13.7. The normalized spacial score (nSPS) is 10.8. The van der Waals surface area contributed by atoms with Gasteiger partial charge in [-0.3, -0.25) is 0 Å². The van der Waals surface area contributed by atoms with Gasteiger partial charge in [-0.2, -0.15) is 0 Å². The lowest BCUT2D eigenvalue weighted by Crippen LogP contribution is -2.04. The Morgan fingerprint density at radius 3 is 2.33 bits per heavy atom. The summed E-state index contributed by atoms with van der Waals surface area (Å²) >= 11 is 0. The van der Waals surface area contributed by atoms with Crippen LogP contribution in [0.1, 0.15) is 17.3 Å². The van der Waals surface area contributed by atoms with E-state index in [1.165, 1.54) is 37.5 Å². The number of esters is 2. The van der Waals surface area contributed by atoms with Gasteiger partial charge in [0.05, 0.1) is 12.7 Å². The standard InChI is InChI=1S/C14H14O4/c1-3-4-5-6-13(15)18-12-9-7-11(8-10-12)14(16)17-2/h3-10H,1-2H3/b4-3+,6-5+. The Morgan fingerprint density at radius 2 is 1.78 bits per heavy atom. The maximum Gasteiger partial charge on any atom is 0.337 e. The average Bonchev–Trinajstić information content (AvgIpc) is 2.39. The molecule has 0 fully saturated rings. The van der Waals surface area contributed by atoms with Crippen LogP contribution in [-0.4, -0.2) is 19.0 Å². The molecule has 0 aliphatic carbocycles. The molecule has 1 aromatic rings. The summed E-state index contributed by atoms with van der Waals surface area (Å²) in [6, 6.07) is 6.13. The van der Waals surface area contributed by atoms with E-state index in [1.807, 2.05) is 6.92 Å². The third-order valence-corrected chi connectivity index (χ3v) is 2.03. The second-order valence-electron chi connectivity index (χ2n) is 3.32. The summed E-state index contributed by atoms with van der Waals surface area (Å²) in [5.74, 6) is -0.530. The minimum Gasteiger partial charge on any atom is -0.465 e. The largest absolute Gasteiger partial charge is 0.465 e. The molecular weight excluding hydrogens is 232 g/mol. The van der Waals surface area contributed by atoms with Crippen LogP contribution >= 0.6 is 0 Å². The molecule has 0 unspecified atom stereocenters. The van der Waals surface area contributed by atoms with Crippen molar-refractivity contribution in [2.45, 2.75) is 6.92 Å². The Morgan fingerprint density at radius 1 is 1.11 bits per heavy atom. The maximum absolute atomic E-state index is 11.3. The molecule has 0 aliphatic rings. The Balaban J connectivity index is 2.64. The molecule has 1 aromatic carbocycles. The maximum atomic E-state index is 11.3. The van der Waals surface area contributed by atoms with Gasteiger partial charge in [0.1, 0.15) is 5.75 Å². The second kappa shape index (κ2) is 7.06. The Bertz CT molecular complexity index is 469. The van der Waals surface area contributed by atoms with Crippen LogP contribution in [0.15, 0.2) is 48.6 Å². The highest BCUT2D eigenvalue weighted by Gasteiger charge is 2.05. The molecule has 0 heterocycles. The Kier molecular flexibility index (Phi) is 5.38. The molecule has 4 heteroatoms. The molecule has 1 rings (SSSR count). The summed E-state index contributed by atoms with van der Waals surface area (Å²) < 4.78 is 9.57. The molecule has 94 valence electrons. The molecular formula is C14H14O4. The number of rotatable bonds is 4. The lowest BCUT2D eigenvalue weighted by molar-refractivity contribution is -0.128. The molecule has 0 atom stereocenters. The van der Waals surface area contributed by atoms with Gasteiger partial charge in [0.25, 0.3) is 0 Å². The molecule has 0 amide bonds. The van der Waals surface area contributed by atoms with Crippen LogP contribution in [0.3, 0.4) is 0 Å². The quantitative estimate of drug-likeness (QED) is 0.354. The van der Waals surface area contributed by atoms with Crippen molar-refractivity contribution >= 4 is 11.9 Å². The summed E-state index contributed by atoms with van der Waals surface area (Å²) in [7, 11) is 1.31. The van der Waals surface area contributed by atoms with Gasteiger partial charge in [-0.1, -0.05) is 18.2 Å². The fourth-order valence-electron chi connectivity index (χ4n) is 1.17. The predicted molar refractivity (Wildman–Crippen MR) is 67.4 cm³/mol. The first-order valence-corrected chi connectivity index (χ1v) is 5.37. The molecule has 0 saturated carbocycles. The van der Waals surface area contributed by atoms with Gasteiger partial charge in [-0.15, -0.1) is 0 Å². The zero-order valence-electron chi connectivity index (χ0n) is 10.3. The summed E-state index contributed by atoms with van der Waals surface area (Å²) in [6.07, 6.45) is 6.43. The summed E-state index contributed by atoms with van der Waals surface area (Å²) in [5, 5.41) is 0. The molecule has 0 spiro atoms. The number of methoxy groups -OCH3 is 1. The zero-order chi connectivity index (χ0) is 13.4. The van der Waals surface area contributed by atoms with Crippen LogP contribution in [-0.2, 0) is 9.53 Å². The van der Waals surface area contributed by atoms with E-state index in [-0.39, 0.29) is 0 Å². The fourth-order valence-corrected chi connectivity index (χ4v) is 1.17. The van der Waals surface area contributed by atoms with Gasteiger partial charge in [-0.25, -0.2) is 9.59 Å². The number of benzene rings is 1. The molecule has 0 aromatic heterocycles. The molecule has 18 heavy (non-hydrogen) atoms. The zero-order valence-corrected chi connectivity index (χ0v) is 10.3. The van der Waals surface area contributed by atoms with Crippen molar-refractivity contribution in [3.05, 3.63) is 54.1 Å². The second-order valence-corrected chi connectivity index (χ2v) is 3.32. The van der Waals surface area contributed by atoms with Crippen molar-refractivity contribution in [3.63, 3.8) is 0 Å². The first-order chi connectivity index (χ1) is 8.67. The number of ether oxygens (including phenoxy) is 2. The van der Waals surface area contributed by atoms with Crippen molar-refractivity contribution in [1.29, 1.82) is 0 Å². The van der Waals surface area contributed by atoms with Gasteiger partial charge in [-0.05, 0) is 31.2 Å². The van der Waals surface area contributed by atoms with Crippen molar-refractivity contribution in [3.8, 4) is 5.75 Å². The summed E-state index contributed by atoms with van der Waals surface area (Å²) in [6.45, 7) is 1.85. The number of carbonyl (C=O) groups excluding carboxylic acids is 2. The van der Waals surface area contributed by atoms with E-state index in [0.29, 0.717) is 11.3 Å². The van der Waals surface area contributed by atoms with E-state index in [0.717, 1.165) is 0 Å². The molecule has 4 nitrogen and oxygen atoms in total. The Labute approximate surface area is 106 Å². The van der Waals surface area contributed by atoms with Crippen LogP contribution in [0, 0.1) is 0 Å². The minimum atomic E-state index is -0.473. The lowest BCUT2D eigenvalue weighted by Gasteiger charge is -2.02. The van der Waals surface area contributed by atoms with Gasteiger partial charge in [0.2, 0.25) is 0 Å². The van der Waals surface area contributed by atoms with Gasteiger partial charge in [0.15, 0.2) is 0 Å². The van der Waals surface area contributed by atoms with Crippen LogP contribution < -0.4 is 4.74 Å². The molecule has 0 aliphatic heterocycles. The topological polar surface area (TPSA) is 52.6 Å². The lowest BCUT2D eigenvalue weighted by atomic mass is 10.2. The van der Waals surface area contributed by atoms with E-state index in [1.54, 1.807) is 18.2 Å². The van der Waals surface area contributed by atoms with Gasteiger partial charge in [0, 0.05) is 6.08 Å². The van der Waals surface area contributed by atoms with E-state index in [4.69, 9.17) is 4.74 Å². The summed E-state index contributed by atoms with van der Waals surface area (Å²) in [4.78, 5) is 22.5. The molecule has 0 N–H and O–H groups in total. The predicted octanol–water partition coefficient (Wildman–Crippen LogP) is 2.51.